The third-order valence-electron chi connectivity index (χ3n) is 3.82. The van der Waals surface area contributed by atoms with E-state index in [4.69, 9.17) is 5.11 Å². The standard InChI is InChI=1S/C15H28N2O3/c1-11(2)8-16(10-15(19)20)9-14(18)17-12(3)6-5-7-13(17)4/h11-13H,5-10H2,1-4H3,(H,19,20). The molecule has 0 saturated carbocycles. The summed E-state index contributed by atoms with van der Waals surface area (Å²) in [5.41, 5.74) is 0. The van der Waals surface area contributed by atoms with Crippen LogP contribution in [-0.2, 0) is 9.59 Å². The Morgan fingerprint density at radius 3 is 2.20 bits per heavy atom. The number of carbonyl (C=O) groups is 2. The summed E-state index contributed by atoms with van der Waals surface area (Å²) in [6, 6.07) is 0.522. The molecule has 0 aromatic rings. The zero-order valence-electron chi connectivity index (χ0n) is 13.1. The number of hydrogen-bond donors (Lipinski definition) is 1. The molecule has 0 bridgehead atoms. The summed E-state index contributed by atoms with van der Waals surface area (Å²) in [5, 5.41) is 8.96. The highest BCUT2D eigenvalue weighted by Gasteiger charge is 2.30. The molecule has 1 heterocycles. The fraction of sp³-hybridized carbons (Fsp3) is 0.867. The van der Waals surface area contributed by atoms with E-state index in [9.17, 15) is 9.59 Å². The van der Waals surface area contributed by atoms with Crippen LogP contribution in [0.25, 0.3) is 0 Å². The Hall–Kier alpha value is -1.10. The molecule has 1 aliphatic rings. The quantitative estimate of drug-likeness (QED) is 0.808. The molecule has 0 radical (unpaired) electrons. The van der Waals surface area contributed by atoms with E-state index in [-0.39, 0.29) is 31.1 Å². The van der Waals surface area contributed by atoms with Crippen molar-refractivity contribution in [3.63, 3.8) is 0 Å². The molecule has 1 rings (SSSR count). The topological polar surface area (TPSA) is 60.9 Å². The number of hydrogen-bond acceptors (Lipinski definition) is 3. The lowest BCUT2D eigenvalue weighted by molar-refractivity contribution is -0.142. The van der Waals surface area contributed by atoms with Crippen molar-refractivity contribution in [2.45, 2.75) is 59.0 Å². The summed E-state index contributed by atoms with van der Waals surface area (Å²) in [6.07, 6.45) is 3.25. The lowest BCUT2D eigenvalue weighted by atomic mass is 9.97. The van der Waals surface area contributed by atoms with Gasteiger partial charge in [0.1, 0.15) is 0 Å². The minimum Gasteiger partial charge on any atom is -0.480 e. The van der Waals surface area contributed by atoms with E-state index < -0.39 is 5.97 Å². The molecule has 1 saturated heterocycles. The fourth-order valence-corrected chi connectivity index (χ4v) is 3.08. The second-order valence-electron chi connectivity index (χ2n) is 6.39. The maximum atomic E-state index is 12.5. The summed E-state index contributed by atoms with van der Waals surface area (Å²) in [4.78, 5) is 27.1. The predicted molar refractivity (Wildman–Crippen MR) is 78.5 cm³/mol. The van der Waals surface area contributed by atoms with Gasteiger partial charge in [0.25, 0.3) is 0 Å². The monoisotopic (exact) mass is 284 g/mol. The number of rotatable bonds is 6. The van der Waals surface area contributed by atoms with Crippen molar-refractivity contribution in [2.75, 3.05) is 19.6 Å². The first-order valence-electron chi connectivity index (χ1n) is 7.56. The molecule has 1 N–H and O–H groups in total. The number of nitrogens with zero attached hydrogens (tertiary/aromatic N) is 2. The number of piperidine rings is 1. The molecule has 116 valence electrons. The summed E-state index contributed by atoms with van der Waals surface area (Å²) in [7, 11) is 0. The molecule has 0 aliphatic carbocycles. The molecule has 20 heavy (non-hydrogen) atoms. The van der Waals surface area contributed by atoms with Gasteiger partial charge in [-0.15, -0.1) is 0 Å². The molecule has 2 unspecified atom stereocenters. The number of carboxylic acid groups (broad SMARTS) is 1. The van der Waals surface area contributed by atoms with Gasteiger partial charge in [-0.1, -0.05) is 13.8 Å². The van der Waals surface area contributed by atoms with Crippen LogP contribution in [0.3, 0.4) is 0 Å². The number of aliphatic carboxylic acids is 1. The number of likely N-dealkylation sites (tertiary alicyclic amines) is 1. The molecular weight excluding hydrogens is 256 g/mol. The van der Waals surface area contributed by atoms with Crippen LogP contribution in [0.1, 0.15) is 47.0 Å². The number of carbonyl (C=O) groups excluding carboxylic acids is 1. The largest absolute Gasteiger partial charge is 0.480 e. The lowest BCUT2D eigenvalue weighted by Gasteiger charge is -2.40. The van der Waals surface area contributed by atoms with Crippen molar-refractivity contribution >= 4 is 11.9 Å². The molecule has 0 aromatic carbocycles. The van der Waals surface area contributed by atoms with E-state index in [1.54, 1.807) is 4.90 Å². The Kier molecular flexibility index (Phi) is 6.46. The average Bonchev–Trinajstić information content (AvgIpc) is 2.26. The maximum Gasteiger partial charge on any atom is 0.317 e. The SMILES string of the molecule is CC(C)CN(CC(=O)O)CC(=O)N1C(C)CCCC1C. The molecule has 5 heteroatoms. The average molecular weight is 284 g/mol. The maximum absolute atomic E-state index is 12.5. The van der Waals surface area contributed by atoms with Gasteiger partial charge in [0.05, 0.1) is 13.1 Å². The minimum atomic E-state index is -0.877. The van der Waals surface area contributed by atoms with E-state index in [1.165, 1.54) is 0 Å². The fourth-order valence-electron chi connectivity index (χ4n) is 3.08. The molecule has 1 fully saturated rings. The van der Waals surface area contributed by atoms with Crippen LogP contribution in [0.5, 0.6) is 0 Å². The molecular formula is C15H28N2O3. The first kappa shape index (κ1) is 17.0. The minimum absolute atomic E-state index is 0.0617. The van der Waals surface area contributed by atoms with Crippen molar-refractivity contribution in [1.82, 2.24) is 9.80 Å². The summed E-state index contributed by atoms with van der Waals surface area (Å²) >= 11 is 0. The smallest absolute Gasteiger partial charge is 0.317 e. The lowest BCUT2D eigenvalue weighted by Crippen LogP contribution is -2.51. The van der Waals surface area contributed by atoms with E-state index in [0.717, 1.165) is 19.3 Å². The first-order chi connectivity index (χ1) is 9.31. The van der Waals surface area contributed by atoms with Crippen LogP contribution in [0, 0.1) is 5.92 Å². The van der Waals surface area contributed by atoms with Gasteiger partial charge in [-0.25, -0.2) is 0 Å². The van der Waals surface area contributed by atoms with Crippen LogP contribution in [0.4, 0.5) is 0 Å². The van der Waals surface area contributed by atoms with Crippen LogP contribution in [-0.4, -0.2) is 58.5 Å². The Balaban J connectivity index is 2.65. The van der Waals surface area contributed by atoms with Gasteiger partial charge in [-0.05, 0) is 39.0 Å². The predicted octanol–water partition coefficient (Wildman–Crippen LogP) is 1.82. The summed E-state index contributed by atoms with van der Waals surface area (Å²) in [5.74, 6) is -0.469. The van der Waals surface area contributed by atoms with Crippen molar-refractivity contribution in [3.05, 3.63) is 0 Å². The van der Waals surface area contributed by atoms with Crippen LogP contribution < -0.4 is 0 Å². The van der Waals surface area contributed by atoms with Gasteiger partial charge in [0.15, 0.2) is 0 Å². The Labute approximate surface area is 121 Å². The van der Waals surface area contributed by atoms with Gasteiger partial charge in [-0.2, -0.15) is 0 Å². The normalized spacial score (nSPS) is 23.4. The zero-order chi connectivity index (χ0) is 15.3. The molecule has 0 aromatic heterocycles. The molecule has 2 atom stereocenters. The second kappa shape index (κ2) is 7.62. The molecule has 1 aliphatic heterocycles. The van der Waals surface area contributed by atoms with Crippen LogP contribution in [0.2, 0.25) is 0 Å². The van der Waals surface area contributed by atoms with Gasteiger partial charge in [0.2, 0.25) is 5.91 Å². The van der Waals surface area contributed by atoms with Crippen molar-refractivity contribution in [1.29, 1.82) is 0 Å². The summed E-state index contributed by atoms with van der Waals surface area (Å²) in [6.45, 7) is 9.00. The van der Waals surface area contributed by atoms with Crippen LogP contribution in [0.15, 0.2) is 0 Å². The van der Waals surface area contributed by atoms with Crippen molar-refractivity contribution in [2.24, 2.45) is 5.92 Å². The van der Waals surface area contributed by atoms with E-state index >= 15 is 0 Å². The zero-order valence-corrected chi connectivity index (χ0v) is 13.1. The van der Waals surface area contributed by atoms with E-state index in [1.807, 2.05) is 18.7 Å². The number of amides is 1. The molecule has 1 amide bonds. The highest BCUT2D eigenvalue weighted by atomic mass is 16.4. The molecule has 5 nitrogen and oxygen atoms in total. The third kappa shape index (κ3) is 5.12. The van der Waals surface area contributed by atoms with E-state index in [0.29, 0.717) is 12.5 Å². The van der Waals surface area contributed by atoms with Gasteiger partial charge in [-0.3, -0.25) is 14.5 Å². The Morgan fingerprint density at radius 1 is 1.20 bits per heavy atom. The second-order valence-corrected chi connectivity index (χ2v) is 6.39. The highest BCUT2D eigenvalue weighted by molar-refractivity contribution is 5.80. The van der Waals surface area contributed by atoms with Crippen molar-refractivity contribution in [3.8, 4) is 0 Å². The van der Waals surface area contributed by atoms with Crippen molar-refractivity contribution < 1.29 is 14.7 Å². The van der Waals surface area contributed by atoms with Gasteiger partial charge >= 0.3 is 5.97 Å². The Morgan fingerprint density at radius 2 is 1.75 bits per heavy atom. The highest BCUT2D eigenvalue weighted by Crippen LogP contribution is 2.22. The van der Waals surface area contributed by atoms with Gasteiger partial charge in [0, 0.05) is 18.6 Å². The van der Waals surface area contributed by atoms with E-state index in [2.05, 4.69) is 13.8 Å². The summed E-state index contributed by atoms with van der Waals surface area (Å²) < 4.78 is 0. The van der Waals surface area contributed by atoms with Crippen LogP contribution >= 0.6 is 0 Å². The Bertz CT molecular complexity index is 334. The van der Waals surface area contributed by atoms with Gasteiger partial charge < -0.3 is 10.0 Å². The third-order valence-corrected chi connectivity index (χ3v) is 3.82. The molecule has 0 spiro atoms. The first-order valence-corrected chi connectivity index (χ1v) is 7.56. The number of carboxylic acids is 1.